The second kappa shape index (κ2) is 7.23. The van der Waals surface area contributed by atoms with Gasteiger partial charge in [0.1, 0.15) is 0 Å². The molecule has 0 bridgehead atoms. The Labute approximate surface area is 162 Å². The van der Waals surface area contributed by atoms with E-state index in [-0.39, 0.29) is 24.5 Å². The van der Waals surface area contributed by atoms with E-state index in [0.29, 0.717) is 13.0 Å². The molecule has 1 aromatic carbocycles. The highest BCUT2D eigenvalue weighted by atomic mass is 32.1. The molecule has 0 saturated carbocycles. The Bertz CT molecular complexity index is 890. The molecule has 0 spiro atoms. The summed E-state index contributed by atoms with van der Waals surface area (Å²) in [6, 6.07) is 7.66. The van der Waals surface area contributed by atoms with Gasteiger partial charge in [0.2, 0.25) is 12.7 Å². The summed E-state index contributed by atoms with van der Waals surface area (Å²) in [5.74, 6) is 1.50. The van der Waals surface area contributed by atoms with Crippen LogP contribution in [0, 0.1) is 5.92 Å². The minimum atomic E-state index is -0.0524. The van der Waals surface area contributed by atoms with Crippen LogP contribution in [0.15, 0.2) is 24.3 Å². The number of amides is 2. The quantitative estimate of drug-likeness (QED) is 0.877. The van der Waals surface area contributed by atoms with E-state index >= 15 is 0 Å². The van der Waals surface area contributed by atoms with Crippen molar-refractivity contribution in [2.75, 3.05) is 20.9 Å². The number of nitrogens with zero attached hydrogens (tertiary/aromatic N) is 1. The third-order valence-corrected chi connectivity index (χ3v) is 6.20. The Kier molecular flexibility index (Phi) is 4.78. The maximum absolute atomic E-state index is 12.6. The van der Waals surface area contributed by atoms with Crippen molar-refractivity contribution in [3.8, 4) is 11.5 Å². The average molecular weight is 386 g/mol. The molecule has 1 aliphatic heterocycles. The SMILES string of the molecule is CN(C)C(=O)c1cc2c(s1)CC[C@H](C(=O)NCc1ccc3c(c1)OCO3)C2. The minimum absolute atomic E-state index is 0.0261. The summed E-state index contributed by atoms with van der Waals surface area (Å²) >= 11 is 1.56. The highest BCUT2D eigenvalue weighted by molar-refractivity contribution is 7.14. The first-order chi connectivity index (χ1) is 13.0. The molecule has 0 fully saturated rings. The number of hydrogen-bond acceptors (Lipinski definition) is 5. The Morgan fingerprint density at radius 2 is 2.04 bits per heavy atom. The zero-order valence-electron chi connectivity index (χ0n) is 15.4. The molecule has 1 aromatic heterocycles. The smallest absolute Gasteiger partial charge is 0.263 e. The predicted octanol–water partition coefficient (Wildman–Crippen LogP) is 2.60. The zero-order valence-corrected chi connectivity index (χ0v) is 16.2. The average Bonchev–Trinajstić information content (AvgIpc) is 3.30. The van der Waals surface area contributed by atoms with E-state index in [2.05, 4.69) is 5.32 Å². The fourth-order valence-electron chi connectivity index (χ4n) is 3.46. The summed E-state index contributed by atoms with van der Waals surface area (Å²) in [6.45, 7) is 0.710. The number of thiophene rings is 1. The molecule has 2 aliphatic rings. The van der Waals surface area contributed by atoms with Crippen LogP contribution in [-0.2, 0) is 24.2 Å². The van der Waals surface area contributed by atoms with Gasteiger partial charge >= 0.3 is 0 Å². The van der Waals surface area contributed by atoms with Crippen molar-refractivity contribution >= 4 is 23.2 Å². The van der Waals surface area contributed by atoms with Crippen molar-refractivity contribution < 1.29 is 19.1 Å². The molecule has 0 unspecified atom stereocenters. The molecule has 2 heterocycles. The third kappa shape index (κ3) is 3.64. The lowest BCUT2D eigenvalue weighted by Gasteiger charge is -2.21. The van der Waals surface area contributed by atoms with Gasteiger partial charge in [-0.05, 0) is 48.6 Å². The molecular weight excluding hydrogens is 364 g/mol. The number of nitrogens with one attached hydrogen (secondary N) is 1. The van der Waals surface area contributed by atoms with Gasteiger partial charge in [0, 0.05) is 31.4 Å². The van der Waals surface area contributed by atoms with Crippen LogP contribution in [0.5, 0.6) is 11.5 Å². The molecule has 0 saturated heterocycles. The second-order valence-corrected chi connectivity index (χ2v) is 8.24. The van der Waals surface area contributed by atoms with Crippen LogP contribution in [0.4, 0.5) is 0 Å². The molecule has 2 amide bonds. The molecular formula is C20H22N2O4S. The van der Waals surface area contributed by atoms with Crippen LogP contribution in [0.3, 0.4) is 0 Å². The maximum Gasteiger partial charge on any atom is 0.263 e. The molecule has 7 heteroatoms. The van der Waals surface area contributed by atoms with E-state index in [9.17, 15) is 9.59 Å². The van der Waals surface area contributed by atoms with E-state index in [1.165, 1.54) is 4.88 Å². The first-order valence-corrected chi connectivity index (χ1v) is 9.82. The molecule has 1 atom stereocenters. The highest BCUT2D eigenvalue weighted by Crippen LogP contribution is 2.34. The van der Waals surface area contributed by atoms with Gasteiger partial charge in [-0.1, -0.05) is 6.07 Å². The van der Waals surface area contributed by atoms with E-state index in [1.807, 2.05) is 24.3 Å². The summed E-state index contributed by atoms with van der Waals surface area (Å²) in [4.78, 5) is 28.4. The number of fused-ring (bicyclic) bond motifs is 2. The van der Waals surface area contributed by atoms with Crippen molar-refractivity contribution in [3.05, 3.63) is 45.1 Å². The predicted molar refractivity (Wildman–Crippen MR) is 102 cm³/mol. The van der Waals surface area contributed by atoms with Crippen LogP contribution in [-0.4, -0.2) is 37.6 Å². The van der Waals surface area contributed by atoms with Crippen LogP contribution < -0.4 is 14.8 Å². The molecule has 6 nitrogen and oxygen atoms in total. The second-order valence-electron chi connectivity index (χ2n) is 7.10. The summed E-state index contributed by atoms with van der Waals surface area (Å²) < 4.78 is 10.7. The lowest BCUT2D eigenvalue weighted by atomic mass is 9.87. The molecule has 4 rings (SSSR count). The summed E-state index contributed by atoms with van der Waals surface area (Å²) in [6.07, 6.45) is 2.36. The van der Waals surface area contributed by atoms with Crippen LogP contribution in [0.2, 0.25) is 0 Å². The number of hydrogen-bond donors (Lipinski definition) is 1. The normalized spacial score (nSPS) is 17.3. The monoisotopic (exact) mass is 386 g/mol. The Hall–Kier alpha value is -2.54. The first-order valence-electron chi connectivity index (χ1n) is 9.00. The van der Waals surface area contributed by atoms with E-state index in [0.717, 1.165) is 40.3 Å². The standard InChI is InChI=1S/C20H22N2O4S/c1-22(2)20(24)18-9-14-8-13(4-6-17(14)27-18)19(23)21-10-12-3-5-15-16(7-12)26-11-25-15/h3,5,7,9,13H,4,6,8,10-11H2,1-2H3,(H,21,23)/t13-/m0/s1. The molecule has 2 aromatic rings. The maximum atomic E-state index is 12.6. The van der Waals surface area contributed by atoms with Gasteiger partial charge in [-0.2, -0.15) is 0 Å². The van der Waals surface area contributed by atoms with Crippen molar-refractivity contribution in [1.29, 1.82) is 0 Å². The van der Waals surface area contributed by atoms with Crippen molar-refractivity contribution in [2.24, 2.45) is 5.92 Å². The van der Waals surface area contributed by atoms with Gasteiger partial charge in [0.05, 0.1) is 4.88 Å². The van der Waals surface area contributed by atoms with E-state index < -0.39 is 0 Å². The number of carbonyl (C=O) groups is 2. The van der Waals surface area contributed by atoms with Gasteiger partial charge in [-0.25, -0.2) is 0 Å². The number of benzene rings is 1. The van der Waals surface area contributed by atoms with Crippen LogP contribution >= 0.6 is 11.3 Å². The fraction of sp³-hybridized carbons (Fsp3) is 0.400. The third-order valence-electron chi connectivity index (χ3n) is 4.97. The van der Waals surface area contributed by atoms with Gasteiger partial charge in [-0.15, -0.1) is 11.3 Å². The van der Waals surface area contributed by atoms with Crippen molar-refractivity contribution in [1.82, 2.24) is 10.2 Å². The first kappa shape index (κ1) is 17.9. The summed E-state index contributed by atoms with van der Waals surface area (Å²) in [7, 11) is 3.51. The Balaban J connectivity index is 1.37. The van der Waals surface area contributed by atoms with Crippen molar-refractivity contribution in [2.45, 2.75) is 25.8 Å². The van der Waals surface area contributed by atoms with E-state index in [1.54, 1.807) is 30.3 Å². The molecule has 1 aliphatic carbocycles. The fourth-order valence-corrected chi connectivity index (χ4v) is 4.69. The minimum Gasteiger partial charge on any atom is -0.454 e. The lowest BCUT2D eigenvalue weighted by molar-refractivity contribution is -0.125. The zero-order chi connectivity index (χ0) is 19.0. The van der Waals surface area contributed by atoms with Gasteiger partial charge < -0.3 is 19.7 Å². The van der Waals surface area contributed by atoms with Gasteiger partial charge in [0.15, 0.2) is 11.5 Å². The van der Waals surface area contributed by atoms with E-state index in [4.69, 9.17) is 9.47 Å². The molecule has 1 N–H and O–H groups in total. The van der Waals surface area contributed by atoms with Crippen LogP contribution in [0.25, 0.3) is 0 Å². The lowest BCUT2D eigenvalue weighted by Crippen LogP contribution is -2.33. The largest absolute Gasteiger partial charge is 0.454 e. The Morgan fingerprint density at radius 3 is 2.85 bits per heavy atom. The topological polar surface area (TPSA) is 67.9 Å². The highest BCUT2D eigenvalue weighted by Gasteiger charge is 2.27. The number of aryl methyl sites for hydroxylation is 1. The molecule has 0 radical (unpaired) electrons. The van der Waals surface area contributed by atoms with Crippen LogP contribution in [0.1, 0.15) is 32.1 Å². The summed E-state index contributed by atoms with van der Waals surface area (Å²) in [5.41, 5.74) is 2.12. The van der Waals surface area contributed by atoms with Crippen molar-refractivity contribution in [3.63, 3.8) is 0 Å². The number of carbonyl (C=O) groups excluding carboxylic acids is 2. The number of ether oxygens (including phenoxy) is 2. The van der Waals surface area contributed by atoms with Gasteiger partial charge in [-0.3, -0.25) is 9.59 Å². The summed E-state index contributed by atoms with van der Waals surface area (Å²) in [5, 5.41) is 3.03. The Morgan fingerprint density at radius 1 is 1.22 bits per heavy atom. The molecule has 142 valence electrons. The van der Waals surface area contributed by atoms with Gasteiger partial charge in [0.25, 0.3) is 5.91 Å². The number of rotatable bonds is 4. The molecule has 27 heavy (non-hydrogen) atoms.